The highest BCUT2D eigenvalue weighted by molar-refractivity contribution is 5.87. The lowest BCUT2D eigenvalue weighted by molar-refractivity contribution is -0.127. The van der Waals surface area contributed by atoms with Gasteiger partial charge in [0.2, 0.25) is 11.8 Å². The van der Waals surface area contributed by atoms with Gasteiger partial charge < -0.3 is 26.0 Å². The number of ether oxygens (including phenoxy) is 1. The van der Waals surface area contributed by atoms with Crippen molar-refractivity contribution in [3.05, 3.63) is 24.3 Å². The second-order valence-corrected chi connectivity index (χ2v) is 7.04. The van der Waals surface area contributed by atoms with Crippen LogP contribution in [0.2, 0.25) is 0 Å². The third-order valence-corrected chi connectivity index (χ3v) is 4.65. The van der Waals surface area contributed by atoms with Gasteiger partial charge in [-0.15, -0.1) is 0 Å². The van der Waals surface area contributed by atoms with Crippen molar-refractivity contribution in [1.29, 1.82) is 0 Å². The van der Waals surface area contributed by atoms with E-state index < -0.39 is 6.04 Å². The Morgan fingerprint density at radius 3 is 2.85 bits per heavy atom. The fourth-order valence-electron chi connectivity index (χ4n) is 3.00. The molecule has 1 aromatic carbocycles. The smallest absolute Gasteiger partial charge is 0.239 e. The summed E-state index contributed by atoms with van der Waals surface area (Å²) in [6, 6.07) is 7.37. The zero-order valence-electron chi connectivity index (χ0n) is 15.8. The first kappa shape index (κ1) is 20.0. The first-order chi connectivity index (χ1) is 12.4. The van der Waals surface area contributed by atoms with Gasteiger partial charge in [-0.25, -0.2) is 0 Å². The van der Waals surface area contributed by atoms with E-state index >= 15 is 0 Å². The molecule has 1 saturated heterocycles. The standard InChI is InChI=1S/C19H30N4O3/c1-13(2)18(20)19(25)21-11-17(24)22-14-6-5-9-23(12-14)15-7-4-8-16(10-15)26-3/h4,7-8,10,13-14,18H,5-6,9,11-12,20H2,1-3H3,(H,21,25)(H,22,24)/t14?,18-/m0/s1. The van der Waals surface area contributed by atoms with Crippen LogP contribution < -0.4 is 26.0 Å². The van der Waals surface area contributed by atoms with Crippen LogP contribution in [0.15, 0.2) is 24.3 Å². The quantitative estimate of drug-likeness (QED) is 0.669. The van der Waals surface area contributed by atoms with Crippen LogP contribution in [0.1, 0.15) is 26.7 Å². The van der Waals surface area contributed by atoms with Crippen molar-refractivity contribution in [2.24, 2.45) is 11.7 Å². The van der Waals surface area contributed by atoms with E-state index in [0.29, 0.717) is 0 Å². The minimum absolute atomic E-state index is 0.0350. The number of hydrogen-bond donors (Lipinski definition) is 3. The van der Waals surface area contributed by atoms with Crippen LogP contribution in [0, 0.1) is 5.92 Å². The fourth-order valence-corrected chi connectivity index (χ4v) is 3.00. The monoisotopic (exact) mass is 362 g/mol. The number of hydrogen-bond acceptors (Lipinski definition) is 5. The molecule has 2 amide bonds. The average Bonchev–Trinajstić information content (AvgIpc) is 2.65. The van der Waals surface area contributed by atoms with Gasteiger partial charge in [-0.05, 0) is 30.9 Å². The second-order valence-electron chi connectivity index (χ2n) is 7.04. The molecule has 4 N–H and O–H groups in total. The lowest BCUT2D eigenvalue weighted by Gasteiger charge is -2.35. The largest absolute Gasteiger partial charge is 0.497 e. The molecule has 0 radical (unpaired) electrons. The Labute approximate surface area is 155 Å². The van der Waals surface area contributed by atoms with Crippen LogP contribution in [-0.4, -0.2) is 50.6 Å². The maximum atomic E-state index is 12.1. The molecule has 1 aliphatic rings. The third kappa shape index (κ3) is 5.62. The molecule has 0 saturated carbocycles. The van der Waals surface area contributed by atoms with E-state index in [2.05, 4.69) is 15.5 Å². The summed E-state index contributed by atoms with van der Waals surface area (Å²) in [6.07, 6.45) is 1.92. The van der Waals surface area contributed by atoms with Crippen LogP contribution in [0.5, 0.6) is 5.75 Å². The van der Waals surface area contributed by atoms with Crippen molar-refractivity contribution >= 4 is 17.5 Å². The number of benzene rings is 1. The minimum Gasteiger partial charge on any atom is -0.497 e. The first-order valence-electron chi connectivity index (χ1n) is 9.12. The first-order valence-corrected chi connectivity index (χ1v) is 9.12. The summed E-state index contributed by atoms with van der Waals surface area (Å²) in [5.74, 6) is 0.370. The van der Waals surface area contributed by atoms with Crippen molar-refractivity contribution < 1.29 is 14.3 Å². The van der Waals surface area contributed by atoms with Crippen LogP contribution in [0.25, 0.3) is 0 Å². The van der Waals surface area contributed by atoms with Gasteiger partial charge in [0.25, 0.3) is 0 Å². The van der Waals surface area contributed by atoms with E-state index in [1.54, 1.807) is 7.11 Å². The van der Waals surface area contributed by atoms with Crippen LogP contribution >= 0.6 is 0 Å². The lowest BCUT2D eigenvalue weighted by Crippen LogP contribution is -2.52. The van der Waals surface area contributed by atoms with E-state index in [1.807, 2.05) is 38.1 Å². The number of nitrogens with one attached hydrogen (secondary N) is 2. The van der Waals surface area contributed by atoms with Gasteiger partial charge in [0.05, 0.1) is 19.7 Å². The van der Waals surface area contributed by atoms with Crippen LogP contribution in [-0.2, 0) is 9.59 Å². The zero-order valence-corrected chi connectivity index (χ0v) is 15.8. The number of piperidine rings is 1. The molecule has 144 valence electrons. The van der Waals surface area contributed by atoms with E-state index in [-0.39, 0.29) is 30.3 Å². The molecule has 2 atom stereocenters. The molecular formula is C19H30N4O3. The van der Waals surface area contributed by atoms with Crippen molar-refractivity contribution in [3.63, 3.8) is 0 Å². The highest BCUT2D eigenvalue weighted by atomic mass is 16.5. The summed E-state index contributed by atoms with van der Waals surface area (Å²) >= 11 is 0. The van der Waals surface area contributed by atoms with Gasteiger partial charge in [0, 0.05) is 30.9 Å². The molecule has 0 spiro atoms. The number of nitrogens with two attached hydrogens (primary N) is 1. The van der Waals surface area contributed by atoms with Gasteiger partial charge in [-0.2, -0.15) is 0 Å². The average molecular weight is 362 g/mol. The van der Waals surface area contributed by atoms with Gasteiger partial charge in [0.1, 0.15) is 5.75 Å². The van der Waals surface area contributed by atoms with Gasteiger partial charge >= 0.3 is 0 Å². The molecule has 0 aliphatic carbocycles. The molecule has 1 heterocycles. The lowest BCUT2D eigenvalue weighted by atomic mass is 10.0. The molecule has 7 heteroatoms. The van der Waals surface area contributed by atoms with Gasteiger partial charge in [-0.1, -0.05) is 19.9 Å². The summed E-state index contributed by atoms with van der Waals surface area (Å²) < 4.78 is 5.28. The number of carbonyl (C=O) groups excluding carboxylic acids is 2. The summed E-state index contributed by atoms with van der Waals surface area (Å²) in [7, 11) is 1.65. The van der Waals surface area contributed by atoms with Crippen molar-refractivity contribution in [2.45, 2.75) is 38.8 Å². The molecule has 26 heavy (non-hydrogen) atoms. The Hall–Kier alpha value is -2.28. The number of carbonyl (C=O) groups is 2. The summed E-state index contributed by atoms with van der Waals surface area (Å²) in [5, 5.41) is 5.61. The van der Waals surface area contributed by atoms with Gasteiger partial charge in [-0.3, -0.25) is 9.59 Å². The number of methoxy groups -OCH3 is 1. The summed E-state index contributed by atoms with van der Waals surface area (Å²) in [4.78, 5) is 26.2. The van der Waals surface area contributed by atoms with Gasteiger partial charge in [0.15, 0.2) is 0 Å². The summed E-state index contributed by atoms with van der Waals surface area (Å²) in [6.45, 7) is 5.38. The maximum Gasteiger partial charge on any atom is 0.239 e. The second kappa shape index (κ2) is 9.43. The molecule has 1 aliphatic heterocycles. The molecule has 1 unspecified atom stereocenters. The SMILES string of the molecule is COc1cccc(N2CCCC(NC(=O)CNC(=O)[C@@H](N)C(C)C)C2)c1. The highest BCUT2D eigenvalue weighted by Gasteiger charge is 2.23. The van der Waals surface area contributed by atoms with Crippen LogP contribution in [0.3, 0.4) is 0 Å². The Morgan fingerprint density at radius 1 is 1.38 bits per heavy atom. The Kier molecular flexibility index (Phi) is 7.26. The van der Waals surface area contributed by atoms with E-state index in [9.17, 15) is 9.59 Å². The topological polar surface area (TPSA) is 96.7 Å². The maximum absolute atomic E-state index is 12.1. The number of nitrogens with zero attached hydrogens (tertiary/aromatic N) is 1. The Bertz CT molecular complexity index is 621. The highest BCUT2D eigenvalue weighted by Crippen LogP contribution is 2.24. The fraction of sp³-hybridized carbons (Fsp3) is 0.579. The Morgan fingerprint density at radius 2 is 2.15 bits per heavy atom. The molecule has 0 aromatic heterocycles. The normalized spacial score (nSPS) is 18.3. The van der Waals surface area contributed by atoms with Crippen molar-refractivity contribution in [2.75, 3.05) is 31.6 Å². The molecule has 2 rings (SSSR count). The van der Waals surface area contributed by atoms with E-state index in [1.165, 1.54) is 0 Å². The van der Waals surface area contributed by atoms with Crippen molar-refractivity contribution in [3.8, 4) is 5.75 Å². The predicted molar refractivity (Wildman–Crippen MR) is 102 cm³/mol. The van der Waals surface area contributed by atoms with Crippen molar-refractivity contribution in [1.82, 2.24) is 10.6 Å². The molecule has 7 nitrogen and oxygen atoms in total. The number of rotatable bonds is 7. The molecule has 1 aromatic rings. The molecule has 1 fully saturated rings. The zero-order chi connectivity index (χ0) is 19.1. The predicted octanol–water partition coefficient (Wildman–Crippen LogP) is 0.880. The Balaban J connectivity index is 1.83. The molecular weight excluding hydrogens is 332 g/mol. The number of amides is 2. The number of anilines is 1. The minimum atomic E-state index is -0.596. The van der Waals surface area contributed by atoms with Crippen LogP contribution in [0.4, 0.5) is 5.69 Å². The molecule has 0 bridgehead atoms. The van der Waals surface area contributed by atoms with E-state index in [4.69, 9.17) is 10.5 Å². The van der Waals surface area contributed by atoms with E-state index in [0.717, 1.165) is 37.4 Å². The third-order valence-electron chi connectivity index (χ3n) is 4.65. The summed E-state index contributed by atoms with van der Waals surface area (Å²) in [5.41, 5.74) is 6.86.